The van der Waals surface area contributed by atoms with Gasteiger partial charge < -0.3 is 14.4 Å². The average Bonchev–Trinajstić information content (AvgIpc) is 2.46. The van der Waals surface area contributed by atoms with Crippen molar-refractivity contribution in [1.29, 1.82) is 0 Å². The van der Waals surface area contributed by atoms with Crippen LogP contribution < -0.4 is 0 Å². The fourth-order valence-electron chi connectivity index (χ4n) is 1.83. The van der Waals surface area contributed by atoms with E-state index in [4.69, 9.17) is 16.3 Å². The van der Waals surface area contributed by atoms with E-state index in [9.17, 15) is 9.59 Å². The third-order valence-corrected chi connectivity index (χ3v) is 3.12. The van der Waals surface area contributed by atoms with Crippen molar-refractivity contribution in [3.63, 3.8) is 0 Å². The van der Waals surface area contributed by atoms with Gasteiger partial charge in [-0.25, -0.2) is 4.79 Å². The summed E-state index contributed by atoms with van der Waals surface area (Å²) < 4.78 is 9.87. The number of carbonyl (C=O) groups excluding carboxylic acids is 2. The molecule has 1 aromatic heterocycles. The lowest BCUT2D eigenvalue weighted by atomic mass is 10.2. The first-order chi connectivity index (χ1) is 9.13. The molecule has 102 valence electrons. The summed E-state index contributed by atoms with van der Waals surface area (Å²) in [6.45, 7) is 0.851. The quantitative estimate of drug-likeness (QED) is 0.750. The molecular weight excluding hydrogens is 272 g/mol. The molecule has 1 saturated heterocycles. The molecule has 0 spiro atoms. The molecule has 7 heteroatoms. The van der Waals surface area contributed by atoms with Crippen LogP contribution in [0.15, 0.2) is 18.5 Å². The fraction of sp³-hybridized carbons (Fsp3) is 0.417. The second-order valence-corrected chi connectivity index (χ2v) is 4.40. The number of pyridine rings is 1. The standard InChI is InChI=1S/C12H13ClN2O4/c1-18-12(17)10-7-15(4-5-19-10)11(16)8-2-3-14-6-9(8)13/h2-3,6,10H,4-5,7H2,1H3. The van der Waals surface area contributed by atoms with E-state index in [2.05, 4.69) is 9.72 Å². The highest BCUT2D eigenvalue weighted by atomic mass is 35.5. The molecule has 1 aromatic rings. The summed E-state index contributed by atoms with van der Waals surface area (Å²) in [7, 11) is 1.28. The number of hydrogen-bond donors (Lipinski definition) is 0. The van der Waals surface area contributed by atoms with Crippen molar-refractivity contribution < 1.29 is 19.1 Å². The highest BCUT2D eigenvalue weighted by Crippen LogP contribution is 2.17. The van der Waals surface area contributed by atoms with Gasteiger partial charge in [0.05, 0.1) is 30.8 Å². The number of methoxy groups -OCH3 is 1. The fourth-order valence-corrected chi connectivity index (χ4v) is 2.03. The maximum absolute atomic E-state index is 12.3. The number of hydrogen-bond acceptors (Lipinski definition) is 5. The summed E-state index contributed by atoms with van der Waals surface area (Å²) in [4.78, 5) is 29.0. The number of rotatable bonds is 2. The molecule has 1 unspecified atom stereocenters. The SMILES string of the molecule is COC(=O)C1CN(C(=O)c2ccncc2Cl)CCO1. The second kappa shape index (κ2) is 5.99. The molecule has 1 amide bonds. The summed E-state index contributed by atoms with van der Waals surface area (Å²) in [5.74, 6) is -0.733. The minimum atomic E-state index is -0.747. The number of halogens is 1. The number of morpholine rings is 1. The summed E-state index contributed by atoms with van der Waals surface area (Å²) >= 11 is 5.93. The Bertz CT molecular complexity index is 494. The van der Waals surface area contributed by atoms with Crippen LogP contribution in [0.2, 0.25) is 5.02 Å². The Morgan fingerprint density at radius 2 is 2.37 bits per heavy atom. The lowest BCUT2D eigenvalue weighted by Gasteiger charge is -2.31. The third kappa shape index (κ3) is 3.02. The van der Waals surface area contributed by atoms with Gasteiger partial charge in [-0.3, -0.25) is 9.78 Å². The molecule has 1 fully saturated rings. The first-order valence-corrected chi connectivity index (χ1v) is 6.09. The van der Waals surface area contributed by atoms with E-state index in [-0.39, 0.29) is 24.1 Å². The second-order valence-electron chi connectivity index (χ2n) is 3.99. The zero-order chi connectivity index (χ0) is 13.8. The van der Waals surface area contributed by atoms with Crippen molar-refractivity contribution in [3.05, 3.63) is 29.0 Å². The zero-order valence-corrected chi connectivity index (χ0v) is 11.1. The van der Waals surface area contributed by atoms with Crippen LogP contribution in [0.1, 0.15) is 10.4 Å². The van der Waals surface area contributed by atoms with Crippen molar-refractivity contribution in [1.82, 2.24) is 9.88 Å². The highest BCUT2D eigenvalue weighted by Gasteiger charge is 2.30. The minimum absolute atomic E-state index is 0.157. The van der Waals surface area contributed by atoms with E-state index < -0.39 is 12.1 Å². The van der Waals surface area contributed by atoms with Crippen LogP contribution in [0.5, 0.6) is 0 Å². The van der Waals surface area contributed by atoms with Crippen molar-refractivity contribution >= 4 is 23.5 Å². The Hall–Kier alpha value is -1.66. The predicted molar refractivity (Wildman–Crippen MR) is 66.9 cm³/mol. The van der Waals surface area contributed by atoms with Gasteiger partial charge >= 0.3 is 5.97 Å². The van der Waals surface area contributed by atoms with E-state index in [1.54, 1.807) is 6.07 Å². The monoisotopic (exact) mass is 284 g/mol. The third-order valence-electron chi connectivity index (χ3n) is 2.82. The van der Waals surface area contributed by atoms with Crippen LogP contribution in [0.25, 0.3) is 0 Å². The molecule has 0 aliphatic carbocycles. The Morgan fingerprint density at radius 1 is 1.58 bits per heavy atom. The van der Waals surface area contributed by atoms with Gasteiger partial charge in [0.2, 0.25) is 0 Å². The Balaban J connectivity index is 2.11. The van der Waals surface area contributed by atoms with Crippen molar-refractivity contribution in [2.24, 2.45) is 0 Å². The number of amides is 1. The molecule has 1 aliphatic rings. The normalized spacial score (nSPS) is 19.1. The van der Waals surface area contributed by atoms with Crippen molar-refractivity contribution in [2.45, 2.75) is 6.10 Å². The molecule has 6 nitrogen and oxygen atoms in total. The maximum atomic E-state index is 12.3. The van der Waals surface area contributed by atoms with E-state index in [1.165, 1.54) is 24.4 Å². The number of esters is 1. The first kappa shape index (κ1) is 13.8. The molecule has 2 heterocycles. The summed E-state index contributed by atoms with van der Waals surface area (Å²) in [5, 5.41) is 0.286. The van der Waals surface area contributed by atoms with E-state index >= 15 is 0 Å². The van der Waals surface area contributed by atoms with Gasteiger partial charge in [-0.2, -0.15) is 0 Å². The summed E-state index contributed by atoms with van der Waals surface area (Å²) in [6.07, 6.45) is 2.16. The van der Waals surface area contributed by atoms with Gasteiger partial charge in [-0.15, -0.1) is 0 Å². The number of nitrogens with zero attached hydrogens (tertiary/aromatic N) is 2. The van der Waals surface area contributed by atoms with E-state index in [0.29, 0.717) is 12.1 Å². The van der Waals surface area contributed by atoms with Crippen LogP contribution in [-0.2, 0) is 14.3 Å². The summed E-state index contributed by atoms with van der Waals surface area (Å²) in [6, 6.07) is 1.55. The van der Waals surface area contributed by atoms with Crippen LogP contribution in [0, 0.1) is 0 Å². The molecule has 0 saturated carbocycles. The minimum Gasteiger partial charge on any atom is -0.467 e. The Morgan fingerprint density at radius 3 is 3.05 bits per heavy atom. The lowest BCUT2D eigenvalue weighted by Crippen LogP contribution is -2.49. The van der Waals surface area contributed by atoms with Gasteiger partial charge in [0, 0.05) is 18.9 Å². The van der Waals surface area contributed by atoms with Crippen LogP contribution in [-0.4, -0.2) is 54.7 Å². The largest absolute Gasteiger partial charge is 0.467 e. The molecule has 0 bridgehead atoms. The lowest BCUT2D eigenvalue weighted by molar-refractivity contribution is -0.158. The zero-order valence-electron chi connectivity index (χ0n) is 10.3. The van der Waals surface area contributed by atoms with Gasteiger partial charge in [0.1, 0.15) is 0 Å². The van der Waals surface area contributed by atoms with Crippen LogP contribution in [0.4, 0.5) is 0 Å². The van der Waals surface area contributed by atoms with Crippen LogP contribution in [0.3, 0.4) is 0 Å². The van der Waals surface area contributed by atoms with E-state index in [0.717, 1.165) is 0 Å². The molecule has 0 N–H and O–H groups in total. The Kier molecular flexibility index (Phi) is 4.34. The Labute approximate surface area is 115 Å². The van der Waals surface area contributed by atoms with Crippen molar-refractivity contribution in [3.8, 4) is 0 Å². The molecule has 19 heavy (non-hydrogen) atoms. The van der Waals surface area contributed by atoms with Gasteiger partial charge in [-0.1, -0.05) is 11.6 Å². The molecule has 1 atom stereocenters. The summed E-state index contributed by atoms with van der Waals surface area (Å²) in [5.41, 5.74) is 0.363. The first-order valence-electron chi connectivity index (χ1n) is 5.71. The molecule has 0 radical (unpaired) electrons. The van der Waals surface area contributed by atoms with Gasteiger partial charge in [0.15, 0.2) is 6.10 Å². The van der Waals surface area contributed by atoms with Gasteiger partial charge in [-0.05, 0) is 6.07 Å². The molecule has 0 aromatic carbocycles. The highest BCUT2D eigenvalue weighted by molar-refractivity contribution is 6.33. The average molecular weight is 285 g/mol. The van der Waals surface area contributed by atoms with Crippen molar-refractivity contribution in [2.75, 3.05) is 26.8 Å². The maximum Gasteiger partial charge on any atom is 0.336 e. The smallest absolute Gasteiger partial charge is 0.336 e. The molecular formula is C12H13ClN2O4. The van der Waals surface area contributed by atoms with Crippen LogP contribution >= 0.6 is 11.6 Å². The van der Waals surface area contributed by atoms with E-state index in [1.807, 2.05) is 0 Å². The topological polar surface area (TPSA) is 68.7 Å². The van der Waals surface area contributed by atoms with Gasteiger partial charge in [0.25, 0.3) is 5.91 Å². The number of carbonyl (C=O) groups is 2. The predicted octanol–water partition coefficient (Wildman–Crippen LogP) is 0.749. The number of aromatic nitrogens is 1. The molecule has 1 aliphatic heterocycles. The molecule has 2 rings (SSSR count). The number of ether oxygens (including phenoxy) is 2.